The predicted molar refractivity (Wildman–Crippen MR) is 72.7 cm³/mol. The number of carbonyl (C=O) groups excluding carboxylic acids is 1. The minimum Gasteiger partial charge on any atom is -0.378 e. The maximum absolute atomic E-state index is 11.8. The van der Waals surface area contributed by atoms with E-state index in [-0.39, 0.29) is 24.4 Å². The van der Waals surface area contributed by atoms with Crippen LogP contribution in [0.3, 0.4) is 0 Å². The highest BCUT2D eigenvalue weighted by molar-refractivity contribution is 5.85. The quantitative estimate of drug-likeness (QED) is 0.768. The minimum atomic E-state index is -1.07. The molecule has 0 saturated carbocycles. The second-order valence-corrected chi connectivity index (χ2v) is 4.37. The molecule has 1 saturated heterocycles. The Morgan fingerprint density at radius 1 is 1.39 bits per heavy atom. The molecule has 1 aliphatic heterocycles. The summed E-state index contributed by atoms with van der Waals surface area (Å²) in [5.74, 6) is -0.315. The fourth-order valence-corrected chi connectivity index (χ4v) is 2.04. The van der Waals surface area contributed by atoms with Crippen molar-refractivity contribution in [1.29, 1.82) is 0 Å². The fraction of sp³-hybridized carbons (Fsp3) is 0.462. The smallest absolute Gasteiger partial charge is 0.253 e. The van der Waals surface area contributed by atoms with Crippen LogP contribution < -0.4 is 10.6 Å². The summed E-state index contributed by atoms with van der Waals surface area (Å²) in [5, 5.41) is 16.0. The van der Waals surface area contributed by atoms with E-state index in [1.54, 1.807) is 12.1 Å². The number of aliphatic hydroxyl groups excluding tert-OH is 1. The van der Waals surface area contributed by atoms with Crippen LogP contribution in [0.2, 0.25) is 0 Å². The SMILES string of the molecule is Cl.O=C(N[C@@H]1CCCNC1)C(O)c1ccccc1. The first-order valence-corrected chi connectivity index (χ1v) is 6.01. The third-order valence-corrected chi connectivity index (χ3v) is 3.01. The lowest BCUT2D eigenvalue weighted by molar-refractivity contribution is -0.130. The van der Waals surface area contributed by atoms with E-state index in [0.29, 0.717) is 5.56 Å². The fourth-order valence-electron chi connectivity index (χ4n) is 2.04. The van der Waals surface area contributed by atoms with Gasteiger partial charge in [-0.3, -0.25) is 4.79 Å². The molecule has 1 aromatic rings. The number of nitrogens with one attached hydrogen (secondary N) is 2. The van der Waals surface area contributed by atoms with Crippen LogP contribution in [0, 0.1) is 0 Å². The maximum atomic E-state index is 11.8. The number of aliphatic hydroxyl groups is 1. The molecule has 0 spiro atoms. The molecule has 1 unspecified atom stereocenters. The number of piperidine rings is 1. The lowest BCUT2D eigenvalue weighted by Gasteiger charge is -2.25. The molecule has 2 atom stereocenters. The average Bonchev–Trinajstić information content (AvgIpc) is 2.40. The molecule has 5 heteroatoms. The Hall–Kier alpha value is -1.10. The van der Waals surface area contributed by atoms with E-state index in [0.717, 1.165) is 25.9 Å². The number of hydrogen-bond acceptors (Lipinski definition) is 3. The number of benzene rings is 1. The van der Waals surface area contributed by atoms with Gasteiger partial charge >= 0.3 is 0 Å². The van der Waals surface area contributed by atoms with Gasteiger partial charge < -0.3 is 15.7 Å². The first-order chi connectivity index (χ1) is 8.27. The van der Waals surface area contributed by atoms with E-state index in [4.69, 9.17) is 0 Å². The van der Waals surface area contributed by atoms with E-state index < -0.39 is 6.10 Å². The van der Waals surface area contributed by atoms with Gasteiger partial charge in [-0.25, -0.2) is 0 Å². The van der Waals surface area contributed by atoms with Crippen molar-refractivity contribution >= 4 is 18.3 Å². The van der Waals surface area contributed by atoms with Crippen molar-refractivity contribution in [3.05, 3.63) is 35.9 Å². The van der Waals surface area contributed by atoms with Crippen molar-refractivity contribution < 1.29 is 9.90 Å². The first-order valence-electron chi connectivity index (χ1n) is 6.01. The van der Waals surface area contributed by atoms with Crippen molar-refractivity contribution in [2.75, 3.05) is 13.1 Å². The highest BCUT2D eigenvalue weighted by Crippen LogP contribution is 2.13. The van der Waals surface area contributed by atoms with Crippen LogP contribution in [0.5, 0.6) is 0 Å². The summed E-state index contributed by atoms with van der Waals surface area (Å²) in [7, 11) is 0. The van der Waals surface area contributed by atoms with Crippen LogP contribution in [0.1, 0.15) is 24.5 Å². The molecule has 100 valence electrons. The summed E-state index contributed by atoms with van der Waals surface area (Å²) >= 11 is 0. The zero-order valence-electron chi connectivity index (χ0n) is 10.1. The summed E-state index contributed by atoms with van der Waals surface area (Å²) in [6.07, 6.45) is 0.963. The Morgan fingerprint density at radius 2 is 2.11 bits per heavy atom. The number of carbonyl (C=O) groups is 1. The van der Waals surface area contributed by atoms with Crippen molar-refractivity contribution in [2.45, 2.75) is 25.0 Å². The predicted octanol–water partition coefficient (Wildman–Crippen LogP) is 1.01. The molecule has 4 nitrogen and oxygen atoms in total. The van der Waals surface area contributed by atoms with Gasteiger partial charge in [0.25, 0.3) is 5.91 Å². The standard InChI is InChI=1S/C13H18N2O2.ClH/c16-12(10-5-2-1-3-6-10)13(17)15-11-7-4-8-14-9-11;/h1-3,5-6,11-12,14,16H,4,7-9H2,(H,15,17);1H/t11-,12?;/m1./s1. The van der Waals surface area contributed by atoms with Gasteiger partial charge in [-0.05, 0) is 24.9 Å². The summed E-state index contributed by atoms with van der Waals surface area (Å²) < 4.78 is 0. The van der Waals surface area contributed by atoms with Crippen LogP contribution >= 0.6 is 12.4 Å². The van der Waals surface area contributed by atoms with Crippen LogP contribution in [0.4, 0.5) is 0 Å². The largest absolute Gasteiger partial charge is 0.378 e. The van der Waals surface area contributed by atoms with E-state index in [2.05, 4.69) is 10.6 Å². The van der Waals surface area contributed by atoms with E-state index in [1.165, 1.54) is 0 Å². The molecule has 0 bridgehead atoms. The van der Waals surface area contributed by atoms with Gasteiger partial charge in [-0.15, -0.1) is 12.4 Å². The maximum Gasteiger partial charge on any atom is 0.253 e. The van der Waals surface area contributed by atoms with Crippen LogP contribution in [-0.2, 0) is 4.79 Å². The molecule has 18 heavy (non-hydrogen) atoms. The lowest BCUT2D eigenvalue weighted by Crippen LogP contribution is -2.47. The first kappa shape index (κ1) is 15.0. The topological polar surface area (TPSA) is 61.4 Å². The summed E-state index contributed by atoms with van der Waals surface area (Å²) in [6.45, 7) is 1.79. The Bertz CT molecular complexity index is 367. The van der Waals surface area contributed by atoms with Gasteiger partial charge in [0, 0.05) is 12.6 Å². The molecule has 0 aromatic heterocycles. The van der Waals surface area contributed by atoms with Crippen LogP contribution in [-0.4, -0.2) is 30.1 Å². The molecule has 1 aromatic carbocycles. The summed E-state index contributed by atoms with van der Waals surface area (Å²) in [6, 6.07) is 9.13. The molecule has 2 rings (SSSR count). The number of halogens is 1. The molecule has 1 amide bonds. The zero-order valence-corrected chi connectivity index (χ0v) is 11.0. The second kappa shape index (κ2) is 7.36. The van der Waals surface area contributed by atoms with Crippen LogP contribution in [0.15, 0.2) is 30.3 Å². The summed E-state index contributed by atoms with van der Waals surface area (Å²) in [4.78, 5) is 11.8. The van der Waals surface area contributed by atoms with Crippen molar-refractivity contribution in [1.82, 2.24) is 10.6 Å². The summed E-state index contributed by atoms with van der Waals surface area (Å²) in [5.41, 5.74) is 0.633. The Balaban J connectivity index is 0.00000162. The third kappa shape index (κ3) is 3.98. The van der Waals surface area contributed by atoms with Crippen molar-refractivity contribution in [2.24, 2.45) is 0 Å². The zero-order chi connectivity index (χ0) is 12.1. The lowest BCUT2D eigenvalue weighted by atomic mass is 10.1. The monoisotopic (exact) mass is 270 g/mol. The Labute approximate surface area is 113 Å². The Morgan fingerprint density at radius 3 is 2.72 bits per heavy atom. The van der Waals surface area contributed by atoms with Gasteiger partial charge in [-0.1, -0.05) is 30.3 Å². The average molecular weight is 271 g/mol. The number of rotatable bonds is 3. The minimum absolute atomic E-state index is 0. The third-order valence-electron chi connectivity index (χ3n) is 3.01. The molecular weight excluding hydrogens is 252 g/mol. The molecule has 3 N–H and O–H groups in total. The number of amides is 1. The molecule has 1 fully saturated rings. The highest BCUT2D eigenvalue weighted by Gasteiger charge is 2.21. The van der Waals surface area contributed by atoms with Crippen molar-refractivity contribution in [3.63, 3.8) is 0 Å². The molecular formula is C13H19ClN2O2. The Kier molecular flexibility index (Phi) is 6.12. The van der Waals surface area contributed by atoms with E-state index in [1.807, 2.05) is 18.2 Å². The normalized spacial score (nSPS) is 20.6. The van der Waals surface area contributed by atoms with Crippen molar-refractivity contribution in [3.8, 4) is 0 Å². The van der Waals surface area contributed by atoms with Gasteiger partial charge in [0.1, 0.15) is 0 Å². The molecule has 1 heterocycles. The number of hydrogen-bond donors (Lipinski definition) is 3. The van der Waals surface area contributed by atoms with Gasteiger partial charge in [0.2, 0.25) is 0 Å². The second-order valence-electron chi connectivity index (χ2n) is 4.37. The van der Waals surface area contributed by atoms with Gasteiger partial charge in [0.05, 0.1) is 0 Å². The van der Waals surface area contributed by atoms with E-state index in [9.17, 15) is 9.90 Å². The van der Waals surface area contributed by atoms with Gasteiger partial charge in [0.15, 0.2) is 6.10 Å². The van der Waals surface area contributed by atoms with Crippen LogP contribution in [0.25, 0.3) is 0 Å². The molecule has 1 aliphatic rings. The molecule has 0 radical (unpaired) electrons. The van der Waals surface area contributed by atoms with E-state index >= 15 is 0 Å². The molecule has 0 aliphatic carbocycles. The van der Waals surface area contributed by atoms with Gasteiger partial charge in [-0.2, -0.15) is 0 Å². The highest BCUT2D eigenvalue weighted by atomic mass is 35.5.